The average molecular weight is 482 g/mol. The van der Waals surface area contributed by atoms with Crippen LogP contribution >= 0.6 is 23.2 Å². The summed E-state index contributed by atoms with van der Waals surface area (Å²) in [5.41, 5.74) is 0.299. The van der Waals surface area contributed by atoms with Gasteiger partial charge in [0.05, 0.1) is 6.61 Å². The minimum absolute atomic E-state index is 0.115. The molecule has 0 bridgehead atoms. The molecule has 0 N–H and O–H groups in total. The summed E-state index contributed by atoms with van der Waals surface area (Å²) in [5, 5.41) is 9.72. The van der Waals surface area contributed by atoms with Crippen molar-refractivity contribution in [2.45, 2.75) is 29.7 Å². The van der Waals surface area contributed by atoms with Gasteiger partial charge in [0, 0.05) is 12.0 Å². The molecule has 1 unspecified atom stereocenters. The van der Waals surface area contributed by atoms with Crippen molar-refractivity contribution in [3.63, 3.8) is 0 Å². The molecule has 7 heteroatoms. The Bertz CT molecular complexity index is 1190. The Morgan fingerprint density at radius 2 is 1.70 bits per heavy atom. The van der Waals surface area contributed by atoms with E-state index in [1.54, 1.807) is 54.6 Å². The molecule has 0 amide bonds. The minimum atomic E-state index is -1.27. The fourth-order valence-electron chi connectivity index (χ4n) is 3.73. The van der Waals surface area contributed by atoms with E-state index in [9.17, 15) is 10.1 Å². The number of esters is 1. The molecule has 168 valence electrons. The fraction of sp³-hybridized carbons (Fsp3) is 0.231. The number of hydrogen-bond donors (Lipinski definition) is 0. The molecule has 0 aromatic heterocycles. The molecule has 1 aliphatic rings. The molecule has 0 radical (unpaired) electrons. The van der Waals surface area contributed by atoms with Crippen LogP contribution in [0.3, 0.4) is 0 Å². The van der Waals surface area contributed by atoms with Crippen LogP contribution in [0.4, 0.5) is 0 Å². The van der Waals surface area contributed by atoms with Crippen molar-refractivity contribution in [1.82, 2.24) is 0 Å². The number of nitriles is 1. The van der Waals surface area contributed by atoms with Gasteiger partial charge in [-0.1, -0.05) is 65.7 Å². The molecule has 0 spiro atoms. The highest BCUT2D eigenvalue weighted by Gasteiger charge is 2.73. The van der Waals surface area contributed by atoms with Crippen molar-refractivity contribution >= 4 is 29.2 Å². The zero-order chi connectivity index (χ0) is 23.5. The lowest BCUT2D eigenvalue weighted by Crippen LogP contribution is -2.28. The summed E-state index contributed by atoms with van der Waals surface area (Å²) >= 11 is 12.8. The Kier molecular flexibility index (Phi) is 6.51. The number of para-hydroxylation sites is 1. The van der Waals surface area contributed by atoms with Crippen LogP contribution in [-0.2, 0) is 21.6 Å². The lowest BCUT2D eigenvalue weighted by Gasteiger charge is -2.19. The number of carbonyl (C=O) groups excluding carboxylic acids is 1. The third kappa shape index (κ3) is 4.50. The van der Waals surface area contributed by atoms with E-state index in [2.05, 4.69) is 6.07 Å². The third-order valence-electron chi connectivity index (χ3n) is 5.55. The molecule has 1 fully saturated rings. The van der Waals surface area contributed by atoms with Crippen molar-refractivity contribution in [2.24, 2.45) is 0 Å². The summed E-state index contributed by atoms with van der Waals surface area (Å²) in [6, 6.07) is 23.5. The number of ether oxygens (including phenoxy) is 3. The summed E-state index contributed by atoms with van der Waals surface area (Å²) in [6.45, 7) is 2.32. The van der Waals surface area contributed by atoms with Crippen molar-refractivity contribution in [1.29, 1.82) is 5.26 Å². The van der Waals surface area contributed by atoms with Gasteiger partial charge in [0.25, 0.3) is 0 Å². The largest absolute Gasteiger partial charge is 0.494 e. The van der Waals surface area contributed by atoms with E-state index in [-0.39, 0.29) is 13.0 Å². The molecular formula is C26H21Cl2NO4. The van der Waals surface area contributed by atoms with Crippen molar-refractivity contribution in [3.8, 4) is 23.3 Å². The number of rotatable bonds is 8. The maximum absolute atomic E-state index is 13.2. The first kappa shape index (κ1) is 23.0. The SMILES string of the molecule is CCOc1ccc(C2(C(=O)OCc3cccc(Oc4ccccc4)c3C#N)CC2(Cl)Cl)cc1. The number of benzene rings is 3. The molecular weight excluding hydrogens is 461 g/mol. The molecule has 1 saturated carbocycles. The van der Waals surface area contributed by atoms with Gasteiger partial charge in [0.1, 0.15) is 45.2 Å². The molecule has 0 heterocycles. The predicted molar refractivity (Wildman–Crippen MR) is 126 cm³/mol. The van der Waals surface area contributed by atoms with Crippen LogP contribution < -0.4 is 9.47 Å². The summed E-state index contributed by atoms with van der Waals surface area (Å²) in [5.74, 6) is 1.13. The highest BCUT2D eigenvalue weighted by atomic mass is 35.5. The maximum Gasteiger partial charge on any atom is 0.320 e. The zero-order valence-corrected chi connectivity index (χ0v) is 19.4. The van der Waals surface area contributed by atoms with E-state index in [0.717, 1.165) is 0 Å². The smallest absolute Gasteiger partial charge is 0.320 e. The van der Waals surface area contributed by atoms with Crippen LogP contribution in [0.5, 0.6) is 17.2 Å². The molecule has 0 saturated heterocycles. The van der Waals surface area contributed by atoms with Gasteiger partial charge in [-0.15, -0.1) is 0 Å². The van der Waals surface area contributed by atoms with Gasteiger partial charge in [-0.3, -0.25) is 4.79 Å². The summed E-state index contributed by atoms with van der Waals surface area (Å²) in [7, 11) is 0. The highest BCUT2D eigenvalue weighted by Crippen LogP contribution is 2.65. The Balaban J connectivity index is 1.53. The number of carbonyl (C=O) groups is 1. The normalized spacial score (nSPS) is 18.1. The van der Waals surface area contributed by atoms with E-state index >= 15 is 0 Å². The van der Waals surface area contributed by atoms with Crippen LogP contribution in [-0.4, -0.2) is 16.9 Å². The summed E-state index contributed by atoms with van der Waals surface area (Å²) in [4.78, 5) is 13.2. The Morgan fingerprint density at radius 3 is 2.30 bits per heavy atom. The van der Waals surface area contributed by atoms with Crippen molar-refractivity contribution in [2.75, 3.05) is 6.61 Å². The number of nitrogens with zero attached hydrogens (tertiary/aromatic N) is 1. The van der Waals surface area contributed by atoms with Crippen LogP contribution in [0.1, 0.15) is 30.0 Å². The second-order valence-corrected chi connectivity index (χ2v) is 9.12. The minimum Gasteiger partial charge on any atom is -0.494 e. The van der Waals surface area contributed by atoms with Gasteiger partial charge in [-0.25, -0.2) is 0 Å². The number of alkyl halides is 2. The van der Waals surface area contributed by atoms with Gasteiger partial charge in [-0.05, 0) is 42.8 Å². The Hall–Kier alpha value is -3.20. The first-order chi connectivity index (χ1) is 15.9. The van der Waals surface area contributed by atoms with E-state index in [4.69, 9.17) is 37.4 Å². The number of halogens is 2. The first-order valence-electron chi connectivity index (χ1n) is 10.4. The van der Waals surface area contributed by atoms with Gasteiger partial charge in [-0.2, -0.15) is 5.26 Å². The molecule has 4 rings (SSSR count). The lowest BCUT2D eigenvalue weighted by molar-refractivity contribution is -0.148. The molecule has 3 aromatic carbocycles. The van der Waals surface area contributed by atoms with Crippen LogP contribution in [0.25, 0.3) is 0 Å². The van der Waals surface area contributed by atoms with E-state index in [1.165, 1.54) is 0 Å². The molecule has 0 aliphatic heterocycles. The van der Waals surface area contributed by atoms with Crippen molar-refractivity contribution < 1.29 is 19.0 Å². The topological polar surface area (TPSA) is 68.6 Å². The zero-order valence-electron chi connectivity index (χ0n) is 17.9. The van der Waals surface area contributed by atoms with E-state index in [1.807, 2.05) is 25.1 Å². The predicted octanol–water partition coefficient (Wildman–Crippen LogP) is 6.31. The van der Waals surface area contributed by atoms with Gasteiger partial charge < -0.3 is 14.2 Å². The quantitative estimate of drug-likeness (QED) is 0.278. The van der Waals surface area contributed by atoms with Crippen molar-refractivity contribution in [3.05, 3.63) is 89.5 Å². The summed E-state index contributed by atoms with van der Waals surface area (Å²) in [6.07, 6.45) is 0.234. The second kappa shape index (κ2) is 9.35. The van der Waals surface area contributed by atoms with Gasteiger partial charge in [0.15, 0.2) is 0 Å². The van der Waals surface area contributed by atoms with Crippen LogP contribution in [0.15, 0.2) is 72.8 Å². The molecule has 33 heavy (non-hydrogen) atoms. The Labute approximate surface area is 202 Å². The Morgan fingerprint density at radius 1 is 1.00 bits per heavy atom. The highest BCUT2D eigenvalue weighted by molar-refractivity contribution is 6.54. The molecule has 1 aliphatic carbocycles. The third-order valence-corrected chi connectivity index (χ3v) is 6.46. The van der Waals surface area contributed by atoms with E-state index < -0.39 is 15.7 Å². The standard InChI is InChI=1S/C26H21Cl2NO4/c1-2-31-20-13-11-19(12-14-20)25(17-26(25,27)28)24(30)32-16-18-7-6-10-23(22(18)15-29)33-21-8-4-3-5-9-21/h3-14H,2,16-17H2,1H3. The number of hydrogen-bond acceptors (Lipinski definition) is 5. The first-order valence-corrected chi connectivity index (χ1v) is 11.2. The van der Waals surface area contributed by atoms with Crippen LogP contribution in [0.2, 0.25) is 0 Å². The average Bonchev–Trinajstić information content (AvgIpc) is 3.42. The summed E-state index contributed by atoms with van der Waals surface area (Å²) < 4.78 is 15.7. The van der Waals surface area contributed by atoms with E-state index in [0.29, 0.717) is 40.5 Å². The molecule has 3 aromatic rings. The monoisotopic (exact) mass is 481 g/mol. The maximum atomic E-state index is 13.2. The fourth-order valence-corrected chi connectivity index (χ4v) is 4.51. The second-order valence-electron chi connectivity index (χ2n) is 7.64. The van der Waals surface area contributed by atoms with Gasteiger partial charge >= 0.3 is 5.97 Å². The van der Waals surface area contributed by atoms with Gasteiger partial charge in [0.2, 0.25) is 0 Å². The molecule has 1 atom stereocenters. The molecule has 5 nitrogen and oxygen atoms in total. The van der Waals surface area contributed by atoms with Crippen LogP contribution in [0, 0.1) is 11.3 Å². The lowest BCUT2D eigenvalue weighted by atomic mass is 9.96.